The number of nitrogen functional groups attached to an aromatic ring is 1. The molecule has 0 unspecified atom stereocenters. The van der Waals surface area contributed by atoms with Crippen LogP contribution in [0, 0.1) is 6.92 Å². The van der Waals surface area contributed by atoms with Gasteiger partial charge in [0.1, 0.15) is 11.6 Å². The number of methoxy groups -OCH3 is 1. The number of amides is 1. The summed E-state index contributed by atoms with van der Waals surface area (Å²) in [6.45, 7) is 7.17. The summed E-state index contributed by atoms with van der Waals surface area (Å²) in [6, 6.07) is 4.60. The van der Waals surface area contributed by atoms with Gasteiger partial charge in [-0.25, -0.2) is 9.59 Å². The van der Waals surface area contributed by atoms with E-state index in [1.54, 1.807) is 32.9 Å². The Kier molecular flexibility index (Phi) is 5.79. The average Bonchev–Trinajstić information content (AvgIpc) is 2.39. The Morgan fingerprint density at radius 2 is 1.95 bits per heavy atom. The van der Waals surface area contributed by atoms with E-state index in [1.807, 2.05) is 13.0 Å². The summed E-state index contributed by atoms with van der Waals surface area (Å²) in [5.41, 5.74) is 7.57. The number of ether oxygens (including phenoxy) is 2. The molecular weight excluding hydrogens is 284 g/mol. The Morgan fingerprint density at radius 1 is 1.32 bits per heavy atom. The van der Waals surface area contributed by atoms with Crippen molar-refractivity contribution in [3.05, 3.63) is 29.3 Å². The van der Waals surface area contributed by atoms with Gasteiger partial charge in [-0.05, 0) is 51.0 Å². The highest BCUT2D eigenvalue weighted by Gasteiger charge is 2.25. The Balaban J connectivity index is 2.87. The Bertz CT molecular complexity index is 550. The maximum Gasteiger partial charge on any atom is 0.408 e. The van der Waals surface area contributed by atoms with Crippen LogP contribution in [-0.4, -0.2) is 30.8 Å². The lowest BCUT2D eigenvalue weighted by Gasteiger charge is -2.23. The van der Waals surface area contributed by atoms with Crippen molar-refractivity contribution in [1.29, 1.82) is 0 Å². The number of anilines is 1. The molecular formula is C16H24N2O4. The molecule has 3 N–H and O–H groups in total. The first kappa shape index (κ1) is 17.8. The highest BCUT2D eigenvalue weighted by Crippen LogP contribution is 2.15. The SMILES string of the molecule is COC(=O)[C@H](Cc1cc(N)ccc1C)NC(=O)OC(C)(C)C. The fourth-order valence-electron chi connectivity index (χ4n) is 1.92. The Morgan fingerprint density at radius 3 is 2.50 bits per heavy atom. The van der Waals surface area contributed by atoms with E-state index in [0.29, 0.717) is 5.69 Å². The van der Waals surface area contributed by atoms with E-state index in [2.05, 4.69) is 5.32 Å². The Labute approximate surface area is 131 Å². The monoisotopic (exact) mass is 308 g/mol. The second-order valence-electron chi connectivity index (χ2n) is 6.11. The molecule has 6 nitrogen and oxygen atoms in total. The predicted molar refractivity (Wildman–Crippen MR) is 84.5 cm³/mol. The number of alkyl carbamates (subject to hydrolysis) is 1. The van der Waals surface area contributed by atoms with Gasteiger partial charge in [0.25, 0.3) is 0 Å². The van der Waals surface area contributed by atoms with Crippen LogP contribution in [0.25, 0.3) is 0 Å². The van der Waals surface area contributed by atoms with Crippen LogP contribution in [0.4, 0.5) is 10.5 Å². The van der Waals surface area contributed by atoms with E-state index in [9.17, 15) is 9.59 Å². The fourth-order valence-corrected chi connectivity index (χ4v) is 1.92. The minimum Gasteiger partial charge on any atom is -0.467 e. The normalized spacial score (nSPS) is 12.4. The van der Waals surface area contributed by atoms with Gasteiger partial charge in [-0.2, -0.15) is 0 Å². The first-order valence-corrected chi connectivity index (χ1v) is 7.04. The van der Waals surface area contributed by atoms with E-state index in [0.717, 1.165) is 11.1 Å². The number of carbonyl (C=O) groups excluding carboxylic acids is 2. The number of nitrogens with two attached hydrogens (primary N) is 1. The molecule has 0 saturated heterocycles. The summed E-state index contributed by atoms with van der Waals surface area (Å²) in [7, 11) is 1.28. The van der Waals surface area contributed by atoms with Crippen molar-refractivity contribution in [3.8, 4) is 0 Å². The summed E-state index contributed by atoms with van der Waals surface area (Å²) in [5.74, 6) is -0.535. The lowest BCUT2D eigenvalue weighted by molar-refractivity contribution is -0.143. The van der Waals surface area contributed by atoms with Crippen molar-refractivity contribution in [3.63, 3.8) is 0 Å². The van der Waals surface area contributed by atoms with Crippen LogP contribution in [0.1, 0.15) is 31.9 Å². The van der Waals surface area contributed by atoms with Gasteiger partial charge in [0, 0.05) is 12.1 Å². The number of hydrogen-bond acceptors (Lipinski definition) is 5. The third-order valence-corrected chi connectivity index (χ3v) is 2.97. The van der Waals surface area contributed by atoms with E-state index in [-0.39, 0.29) is 6.42 Å². The summed E-state index contributed by atoms with van der Waals surface area (Å²) in [5, 5.41) is 2.54. The number of esters is 1. The molecule has 0 aliphatic carbocycles. The largest absolute Gasteiger partial charge is 0.467 e. The van der Waals surface area contributed by atoms with Crippen LogP contribution < -0.4 is 11.1 Å². The maximum absolute atomic E-state index is 11.9. The molecule has 6 heteroatoms. The minimum absolute atomic E-state index is 0.281. The van der Waals surface area contributed by atoms with Crippen LogP contribution in [0.5, 0.6) is 0 Å². The van der Waals surface area contributed by atoms with Gasteiger partial charge < -0.3 is 20.5 Å². The summed E-state index contributed by atoms with van der Waals surface area (Å²) < 4.78 is 9.92. The summed E-state index contributed by atoms with van der Waals surface area (Å²) >= 11 is 0. The Hall–Kier alpha value is -2.24. The molecule has 1 aromatic rings. The smallest absolute Gasteiger partial charge is 0.408 e. The second kappa shape index (κ2) is 7.15. The standard InChI is InChI=1S/C16H24N2O4/c1-10-6-7-12(17)8-11(10)9-13(14(19)21-5)18-15(20)22-16(2,3)4/h6-8,13H,9,17H2,1-5H3,(H,18,20)/t13-/m0/s1. The molecule has 0 aliphatic heterocycles. The van der Waals surface area contributed by atoms with E-state index in [1.165, 1.54) is 7.11 Å². The molecule has 1 atom stereocenters. The number of carbonyl (C=O) groups is 2. The second-order valence-corrected chi connectivity index (χ2v) is 6.11. The third-order valence-electron chi connectivity index (χ3n) is 2.97. The molecule has 0 aromatic heterocycles. The molecule has 122 valence electrons. The van der Waals surface area contributed by atoms with Crippen molar-refractivity contribution < 1.29 is 19.1 Å². The molecule has 0 bridgehead atoms. The molecule has 0 heterocycles. The zero-order valence-corrected chi connectivity index (χ0v) is 13.7. The van der Waals surface area contributed by atoms with Crippen LogP contribution in [0.2, 0.25) is 0 Å². The van der Waals surface area contributed by atoms with Crippen molar-refractivity contribution in [2.24, 2.45) is 0 Å². The molecule has 22 heavy (non-hydrogen) atoms. The third kappa shape index (κ3) is 5.63. The molecule has 0 aliphatic rings. The van der Waals surface area contributed by atoms with E-state index >= 15 is 0 Å². The van der Waals surface area contributed by atoms with Gasteiger partial charge >= 0.3 is 12.1 Å². The lowest BCUT2D eigenvalue weighted by Crippen LogP contribution is -2.45. The maximum atomic E-state index is 11.9. The predicted octanol–water partition coefficient (Wildman–Crippen LogP) is 2.19. The number of hydrogen-bond donors (Lipinski definition) is 2. The van der Waals surface area contributed by atoms with Crippen molar-refractivity contribution in [1.82, 2.24) is 5.32 Å². The van der Waals surface area contributed by atoms with Gasteiger partial charge in [0.2, 0.25) is 0 Å². The minimum atomic E-state index is -0.833. The van der Waals surface area contributed by atoms with E-state index in [4.69, 9.17) is 15.2 Å². The van der Waals surface area contributed by atoms with Crippen molar-refractivity contribution in [2.75, 3.05) is 12.8 Å². The molecule has 1 aromatic carbocycles. The van der Waals surface area contributed by atoms with Gasteiger partial charge in [-0.1, -0.05) is 6.07 Å². The number of benzene rings is 1. The first-order valence-electron chi connectivity index (χ1n) is 7.04. The van der Waals surface area contributed by atoms with Gasteiger partial charge in [0.15, 0.2) is 0 Å². The van der Waals surface area contributed by atoms with Crippen LogP contribution in [0.3, 0.4) is 0 Å². The van der Waals surface area contributed by atoms with Crippen LogP contribution in [0.15, 0.2) is 18.2 Å². The number of rotatable bonds is 4. The lowest BCUT2D eigenvalue weighted by atomic mass is 10.0. The van der Waals surface area contributed by atoms with Gasteiger partial charge in [0.05, 0.1) is 7.11 Å². The molecule has 0 saturated carbocycles. The van der Waals surface area contributed by atoms with Crippen molar-refractivity contribution in [2.45, 2.75) is 45.8 Å². The van der Waals surface area contributed by atoms with Gasteiger partial charge in [-0.15, -0.1) is 0 Å². The molecule has 0 spiro atoms. The number of aryl methyl sites for hydroxylation is 1. The summed E-state index contributed by atoms with van der Waals surface area (Å²) in [4.78, 5) is 23.8. The molecule has 0 radical (unpaired) electrons. The van der Waals surface area contributed by atoms with Gasteiger partial charge in [-0.3, -0.25) is 0 Å². The van der Waals surface area contributed by atoms with E-state index < -0.39 is 23.7 Å². The average molecular weight is 308 g/mol. The van der Waals surface area contributed by atoms with Crippen molar-refractivity contribution >= 4 is 17.7 Å². The van der Waals surface area contributed by atoms with Crippen LogP contribution >= 0.6 is 0 Å². The quantitative estimate of drug-likeness (QED) is 0.657. The first-order chi connectivity index (χ1) is 10.1. The highest BCUT2D eigenvalue weighted by molar-refractivity contribution is 5.81. The zero-order valence-electron chi connectivity index (χ0n) is 13.7. The fraction of sp³-hybridized carbons (Fsp3) is 0.500. The van der Waals surface area contributed by atoms with Crippen LogP contribution in [-0.2, 0) is 20.7 Å². The summed E-state index contributed by atoms with van der Waals surface area (Å²) in [6.07, 6.45) is -0.382. The highest BCUT2D eigenvalue weighted by atomic mass is 16.6. The molecule has 0 fully saturated rings. The topological polar surface area (TPSA) is 90.6 Å². The number of nitrogens with one attached hydrogen (secondary N) is 1. The zero-order chi connectivity index (χ0) is 16.9. The molecule has 1 rings (SSSR count). The molecule has 1 amide bonds.